The van der Waals surface area contributed by atoms with Crippen LogP contribution in [0.15, 0.2) is 22.7 Å². The van der Waals surface area contributed by atoms with E-state index >= 15 is 0 Å². The van der Waals surface area contributed by atoms with Crippen molar-refractivity contribution >= 4 is 21.6 Å². The first-order chi connectivity index (χ1) is 10.1. The Morgan fingerprint density at radius 3 is 2.24 bits per heavy atom. The van der Waals surface area contributed by atoms with Crippen LogP contribution in [0, 0.1) is 0 Å². The SMILES string of the molecule is COCCN(CCOC)c1ccc(CNC(C)C)c(Br)c1. The van der Waals surface area contributed by atoms with E-state index < -0.39 is 0 Å². The first-order valence-corrected chi connectivity index (χ1v) is 8.12. The van der Waals surface area contributed by atoms with Gasteiger partial charge in [0.15, 0.2) is 0 Å². The second-order valence-electron chi connectivity index (χ2n) is 5.28. The van der Waals surface area contributed by atoms with Crippen molar-refractivity contribution in [1.82, 2.24) is 5.32 Å². The molecule has 0 aliphatic rings. The van der Waals surface area contributed by atoms with Crippen LogP contribution in [0.2, 0.25) is 0 Å². The highest BCUT2D eigenvalue weighted by molar-refractivity contribution is 9.10. The molecular weight excluding hydrogens is 332 g/mol. The molecule has 1 aromatic carbocycles. The molecule has 1 aromatic rings. The van der Waals surface area contributed by atoms with Crippen molar-refractivity contribution in [2.24, 2.45) is 0 Å². The fraction of sp³-hybridized carbons (Fsp3) is 0.625. The Morgan fingerprint density at radius 2 is 1.76 bits per heavy atom. The standard InChI is InChI=1S/C16H27BrN2O2/c1-13(2)18-12-14-5-6-15(11-16(14)17)19(7-9-20-3)8-10-21-4/h5-6,11,13,18H,7-10,12H2,1-4H3. The normalized spacial score (nSPS) is 11.1. The van der Waals surface area contributed by atoms with Crippen LogP contribution in [0.25, 0.3) is 0 Å². The molecule has 0 amide bonds. The van der Waals surface area contributed by atoms with Crippen molar-refractivity contribution in [2.75, 3.05) is 45.4 Å². The molecule has 0 saturated carbocycles. The van der Waals surface area contributed by atoms with E-state index in [1.165, 1.54) is 11.3 Å². The van der Waals surface area contributed by atoms with Crippen LogP contribution in [-0.2, 0) is 16.0 Å². The number of anilines is 1. The third kappa shape index (κ3) is 6.78. The summed E-state index contributed by atoms with van der Waals surface area (Å²) in [5.74, 6) is 0. The van der Waals surface area contributed by atoms with Gasteiger partial charge in [0.2, 0.25) is 0 Å². The van der Waals surface area contributed by atoms with E-state index in [4.69, 9.17) is 9.47 Å². The lowest BCUT2D eigenvalue weighted by atomic mass is 10.2. The summed E-state index contributed by atoms with van der Waals surface area (Å²) in [5.41, 5.74) is 2.45. The lowest BCUT2D eigenvalue weighted by Crippen LogP contribution is -2.30. The molecule has 0 unspecified atom stereocenters. The van der Waals surface area contributed by atoms with Crippen molar-refractivity contribution in [2.45, 2.75) is 26.4 Å². The van der Waals surface area contributed by atoms with Crippen LogP contribution >= 0.6 is 15.9 Å². The van der Waals surface area contributed by atoms with E-state index in [-0.39, 0.29) is 0 Å². The molecule has 0 saturated heterocycles. The van der Waals surface area contributed by atoms with Gasteiger partial charge in [-0.15, -0.1) is 0 Å². The zero-order valence-corrected chi connectivity index (χ0v) is 15.1. The topological polar surface area (TPSA) is 33.7 Å². The van der Waals surface area contributed by atoms with Crippen molar-refractivity contribution < 1.29 is 9.47 Å². The van der Waals surface area contributed by atoms with E-state index in [2.05, 4.69) is 58.2 Å². The summed E-state index contributed by atoms with van der Waals surface area (Å²) in [7, 11) is 3.45. The monoisotopic (exact) mass is 358 g/mol. The quantitative estimate of drug-likeness (QED) is 0.696. The highest BCUT2D eigenvalue weighted by atomic mass is 79.9. The molecule has 0 heterocycles. The first kappa shape index (κ1) is 18.4. The van der Waals surface area contributed by atoms with E-state index in [0.29, 0.717) is 19.3 Å². The first-order valence-electron chi connectivity index (χ1n) is 7.33. The number of ether oxygens (including phenoxy) is 2. The molecule has 0 aliphatic heterocycles. The van der Waals surface area contributed by atoms with E-state index in [0.717, 1.165) is 24.1 Å². The third-order valence-electron chi connectivity index (χ3n) is 3.23. The van der Waals surface area contributed by atoms with Gasteiger partial charge in [0.1, 0.15) is 0 Å². The van der Waals surface area contributed by atoms with Gasteiger partial charge in [-0.3, -0.25) is 0 Å². The van der Waals surface area contributed by atoms with Gasteiger partial charge in [-0.25, -0.2) is 0 Å². The van der Waals surface area contributed by atoms with E-state index in [1.807, 2.05) is 0 Å². The molecule has 1 N–H and O–H groups in total. The fourth-order valence-electron chi connectivity index (χ4n) is 1.96. The average molecular weight is 359 g/mol. The minimum absolute atomic E-state index is 0.483. The number of rotatable bonds is 10. The van der Waals surface area contributed by atoms with Gasteiger partial charge in [-0.05, 0) is 17.7 Å². The predicted molar refractivity (Wildman–Crippen MR) is 92.1 cm³/mol. The lowest BCUT2D eigenvalue weighted by molar-refractivity contribution is 0.190. The predicted octanol–water partition coefficient (Wildman–Crippen LogP) is 3.05. The van der Waals surface area contributed by atoms with Crippen LogP contribution in [0.3, 0.4) is 0 Å². The Morgan fingerprint density at radius 1 is 1.14 bits per heavy atom. The summed E-state index contributed by atoms with van der Waals surface area (Å²) in [6.07, 6.45) is 0. The smallest absolute Gasteiger partial charge is 0.0637 e. The molecule has 4 nitrogen and oxygen atoms in total. The number of hydrogen-bond acceptors (Lipinski definition) is 4. The molecule has 0 fully saturated rings. The molecule has 0 bridgehead atoms. The zero-order chi connectivity index (χ0) is 15.7. The Hall–Kier alpha value is -0.620. The summed E-state index contributed by atoms with van der Waals surface area (Å²) < 4.78 is 11.5. The van der Waals surface area contributed by atoms with Crippen molar-refractivity contribution in [3.05, 3.63) is 28.2 Å². The number of methoxy groups -OCH3 is 2. The Kier molecular flexibility index (Phi) is 8.92. The summed E-state index contributed by atoms with van der Waals surface area (Å²) in [6, 6.07) is 6.98. The molecule has 0 spiro atoms. The zero-order valence-electron chi connectivity index (χ0n) is 13.5. The molecule has 120 valence electrons. The number of nitrogens with one attached hydrogen (secondary N) is 1. The highest BCUT2D eigenvalue weighted by Gasteiger charge is 2.09. The van der Waals surface area contributed by atoms with Crippen molar-refractivity contribution in [3.8, 4) is 0 Å². The maximum Gasteiger partial charge on any atom is 0.0637 e. The Balaban J connectivity index is 2.76. The van der Waals surface area contributed by atoms with Crippen molar-refractivity contribution in [1.29, 1.82) is 0 Å². The maximum absolute atomic E-state index is 5.19. The van der Waals surface area contributed by atoms with Gasteiger partial charge in [0, 0.05) is 50.1 Å². The van der Waals surface area contributed by atoms with E-state index in [9.17, 15) is 0 Å². The molecule has 0 radical (unpaired) electrons. The van der Waals surface area contributed by atoms with Crippen LogP contribution < -0.4 is 10.2 Å². The van der Waals surface area contributed by atoms with Gasteiger partial charge in [0.05, 0.1) is 13.2 Å². The number of benzene rings is 1. The average Bonchev–Trinajstić information content (AvgIpc) is 2.46. The Labute approximate surface area is 136 Å². The third-order valence-corrected chi connectivity index (χ3v) is 3.97. The molecule has 21 heavy (non-hydrogen) atoms. The van der Waals surface area contributed by atoms with Gasteiger partial charge in [-0.1, -0.05) is 35.8 Å². The van der Waals surface area contributed by atoms with Gasteiger partial charge < -0.3 is 19.7 Å². The largest absolute Gasteiger partial charge is 0.383 e. The van der Waals surface area contributed by atoms with Crippen LogP contribution in [0.4, 0.5) is 5.69 Å². The van der Waals surface area contributed by atoms with Gasteiger partial charge in [0.25, 0.3) is 0 Å². The van der Waals surface area contributed by atoms with E-state index in [1.54, 1.807) is 14.2 Å². The minimum Gasteiger partial charge on any atom is -0.383 e. The van der Waals surface area contributed by atoms with Crippen LogP contribution in [0.5, 0.6) is 0 Å². The number of halogens is 1. The summed E-state index contributed by atoms with van der Waals surface area (Å²) in [5, 5.41) is 3.44. The highest BCUT2D eigenvalue weighted by Crippen LogP contribution is 2.24. The molecule has 0 atom stereocenters. The summed E-state index contributed by atoms with van der Waals surface area (Å²) in [4.78, 5) is 2.28. The second kappa shape index (κ2) is 10.2. The lowest BCUT2D eigenvalue weighted by Gasteiger charge is -2.25. The number of nitrogens with zero attached hydrogens (tertiary/aromatic N) is 1. The molecule has 1 rings (SSSR count). The molecule has 5 heteroatoms. The van der Waals surface area contributed by atoms with Gasteiger partial charge in [-0.2, -0.15) is 0 Å². The van der Waals surface area contributed by atoms with Gasteiger partial charge >= 0.3 is 0 Å². The number of hydrogen-bond donors (Lipinski definition) is 1. The Bertz CT molecular complexity index is 405. The van der Waals surface area contributed by atoms with Crippen molar-refractivity contribution in [3.63, 3.8) is 0 Å². The fourth-order valence-corrected chi connectivity index (χ4v) is 2.47. The second-order valence-corrected chi connectivity index (χ2v) is 6.14. The minimum atomic E-state index is 0.483. The molecule has 0 aromatic heterocycles. The maximum atomic E-state index is 5.19. The molecule has 0 aliphatic carbocycles. The van der Waals surface area contributed by atoms with Crippen LogP contribution in [0.1, 0.15) is 19.4 Å². The van der Waals surface area contributed by atoms with Crippen LogP contribution in [-0.4, -0.2) is 46.6 Å². The summed E-state index contributed by atoms with van der Waals surface area (Å²) >= 11 is 3.67. The summed E-state index contributed by atoms with van der Waals surface area (Å²) in [6.45, 7) is 8.30. The molecular formula is C16H27BrN2O2.